The second-order valence-corrected chi connectivity index (χ2v) is 14.1. The van der Waals surface area contributed by atoms with Crippen molar-refractivity contribution in [2.45, 2.75) is 10.1 Å². The molecule has 43 heavy (non-hydrogen) atoms. The van der Waals surface area contributed by atoms with Gasteiger partial charge in [-0.3, -0.25) is 9.32 Å². The van der Waals surface area contributed by atoms with Crippen LogP contribution in [0.4, 0.5) is 0 Å². The maximum Gasteiger partial charge on any atom is 0.184 e. The number of nitrogens with zero attached hydrogens (tertiary/aromatic N) is 2. The Hall–Kier alpha value is -4.87. The third kappa shape index (κ3) is 5.77. The summed E-state index contributed by atoms with van der Waals surface area (Å²) in [5, 5.41) is -0.660. The van der Waals surface area contributed by atoms with Crippen molar-refractivity contribution in [2.24, 2.45) is 9.32 Å². The Morgan fingerprint density at radius 3 is 0.674 bits per heavy atom. The van der Waals surface area contributed by atoms with E-state index in [0.717, 1.165) is 0 Å². The van der Waals surface area contributed by atoms with Crippen molar-refractivity contribution in [3.8, 4) is 0 Å². The van der Waals surface area contributed by atoms with Gasteiger partial charge in [-0.1, -0.05) is 182 Å². The smallest absolute Gasteiger partial charge is 0.184 e. The summed E-state index contributed by atoms with van der Waals surface area (Å²) >= 11 is 0. The number of benzene rings is 6. The Bertz CT molecular complexity index is 1450. The molecule has 0 aliphatic carbocycles. The lowest BCUT2D eigenvalue weighted by Gasteiger charge is -2.34. The van der Waals surface area contributed by atoms with Crippen molar-refractivity contribution < 1.29 is 0 Å². The predicted octanol–water partition coefficient (Wildman–Crippen LogP) is 7.31. The highest BCUT2D eigenvalue weighted by atomic mass is 28.2. The molecular weight excluding hydrogens is 553 g/mol. The second kappa shape index (κ2) is 13.4. The molecule has 0 atom stereocenters. The Balaban J connectivity index is 1.45. The van der Waals surface area contributed by atoms with Gasteiger partial charge in [0, 0.05) is 0 Å². The minimum absolute atomic E-state index is 0.330. The van der Waals surface area contributed by atoms with Gasteiger partial charge in [0.05, 0.1) is 16.1 Å². The van der Waals surface area contributed by atoms with Gasteiger partial charge in [-0.25, -0.2) is 0 Å². The molecule has 2 nitrogen and oxygen atoms in total. The number of rotatable bonds is 10. The summed E-state index contributed by atoms with van der Waals surface area (Å²) in [6, 6.07) is 68.1. The Morgan fingerprint density at radius 2 is 0.488 bits per heavy atom. The van der Waals surface area contributed by atoms with Crippen molar-refractivity contribution in [1.29, 1.82) is 0 Å². The van der Waals surface area contributed by atoms with Crippen molar-refractivity contribution in [2.75, 3.05) is 0 Å². The van der Waals surface area contributed by atoms with Crippen LogP contribution in [-0.4, -0.2) is 25.4 Å². The molecule has 208 valence electrons. The van der Waals surface area contributed by atoms with Gasteiger partial charge in [0.1, 0.15) is 0 Å². The molecular formula is C39H34N2Si2. The van der Waals surface area contributed by atoms with Gasteiger partial charge in [-0.15, -0.1) is 0 Å². The molecule has 0 N–H and O–H groups in total. The highest BCUT2D eigenvalue weighted by Gasteiger charge is 2.38. The average molecular weight is 587 g/mol. The SMILES string of the molecule is C(=N[SiH2]C(c1ccccc1)(c1ccccc1)c1ccccc1)=N[SiH2]C(c1ccccc1)(c1ccccc1)c1ccccc1. The van der Waals surface area contributed by atoms with Crippen LogP contribution < -0.4 is 0 Å². The molecule has 0 aliphatic heterocycles. The lowest BCUT2D eigenvalue weighted by Crippen LogP contribution is -2.36. The van der Waals surface area contributed by atoms with Crippen LogP contribution in [-0.2, 0) is 10.1 Å². The molecule has 0 amide bonds. The molecule has 6 aromatic rings. The molecule has 4 heteroatoms. The molecule has 0 aliphatic rings. The summed E-state index contributed by atoms with van der Waals surface area (Å²) in [4.78, 5) is 0. The van der Waals surface area contributed by atoms with Crippen LogP contribution in [0.2, 0.25) is 0 Å². The van der Waals surface area contributed by atoms with Crippen LogP contribution in [0, 0.1) is 0 Å². The van der Waals surface area contributed by atoms with E-state index < -0.39 is 19.4 Å². The van der Waals surface area contributed by atoms with E-state index in [1.807, 2.05) is 0 Å². The highest BCUT2D eigenvalue weighted by molar-refractivity contribution is 6.44. The lowest BCUT2D eigenvalue weighted by atomic mass is 9.84. The first-order valence-electron chi connectivity index (χ1n) is 14.8. The standard InChI is InChI=1S/C39H34N2Si2/c1-7-19-32(20-8-1)38(33-21-9-2-10-22-33,34-23-11-3-12-24-34)42-40-31-41-43-39(35-25-13-4-14-26-35,36-27-15-5-16-28-36)37-29-17-6-18-30-37/h1-30H,42-43H2. The van der Waals surface area contributed by atoms with Crippen LogP contribution >= 0.6 is 0 Å². The van der Waals surface area contributed by atoms with Crippen molar-refractivity contribution in [3.05, 3.63) is 215 Å². The van der Waals surface area contributed by atoms with Crippen molar-refractivity contribution in [3.63, 3.8) is 0 Å². The molecule has 6 rings (SSSR count). The fraction of sp³-hybridized carbons (Fsp3) is 0.0513. The Labute approximate surface area is 259 Å². The van der Waals surface area contributed by atoms with E-state index in [-0.39, 0.29) is 10.1 Å². The zero-order valence-corrected chi connectivity index (χ0v) is 27.0. The molecule has 0 aromatic heterocycles. The van der Waals surface area contributed by atoms with E-state index in [1.165, 1.54) is 33.4 Å². The fourth-order valence-corrected chi connectivity index (χ4v) is 9.77. The van der Waals surface area contributed by atoms with Gasteiger partial charge >= 0.3 is 0 Å². The molecule has 0 unspecified atom stereocenters. The van der Waals surface area contributed by atoms with Gasteiger partial charge < -0.3 is 0 Å². The minimum Gasteiger partial charge on any atom is -0.274 e. The van der Waals surface area contributed by atoms with Gasteiger partial charge in [0.15, 0.2) is 19.4 Å². The molecule has 6 aromatic carbocycles. The number of hydrogen-bond donors (Lipinski definition) is 0. The van der Waals surface area contributed by atoms with Gasteiger partial charge in [-0.2, -0.15) is 0 Å². The molecule has 0 saturated carbocycles. The third-order valence-electron chi connectivity index (χ3n) is 8.37. The summed E-state index contributed by atoms with van der Waals surface area (Å²) in [7, 11) is -2.37. The van der Waals surface area contributed by atoms with Crippen molar-refractivity contribution >= 4 is 25.4 Å². The van der Waals surface area contributed by atoms with Crippen LogP contribution in [0.3, 0.4) is 0 Å². The molecule has 0 saturated heterocycles. The molecule has 0 radical (unpaired) electrons. The number of hydrogen-bond acceptors (Lipinski definition) is 2. The lowest BCUT2D eigenvalue weighted by molar-refractivity contribution is 0.859. The third-order valence-corrected chi connectivity index (χ3v) is 12.4. The zero-order chi connectivity index (χ0) is 29.2. The normalized spacial score (nSPS) is 11.9. The first-order valence-corrected chi connectivity index (χ1v) is 17.4. The van der Waals surface area contributed by atoms with Crippen LogP contribution in [0.1, 0.15) is 33.4 Å². The zero-order valence-electron chi connectivity index (χ0n) is 24.1. The summed E-state index contributed by atoms with van der Waals surface area (Å²) in [5.41, 5.74) is 7.55. The molecule has 0 bridgehead atoms. The quantitative estimate of drug-likeness (QED) is 0.0914. The average Bonchev–Trinajstić information content (AvgIpc) is 3.11. The molecule has 0 fully saturated rings. The van der Waals surface area contributed by atoms with E-state index in [1.54, 1.807) is 0 Å². The summed E-state index contributed by atoms with van der Waals surface area (Å²) in [5.74, 6) is 0. The topological polar surface area (TPSA) is 24.7 Å². The maximum absolute atomic E-state index is 5.11. The van der Waals surface area contributed by atoms with E-state index >= 15 is 0 Å². The van der Waals surface area contributed by atoms with Gasteiger partial charge in [-0.05, 0) is 33.4 Å². The largest absolute Gasteiger partial charge is 0.274 e. The van der Waals surface area contributed by atoms with Crippen LogP contribution in [0.5, 0.6) is 0 Å². The monoisotopic (exact) mass is 586 g/mol. The van der Waals surface area contributed by atoms with Crippen LogP contribution in [0.25, 0.3) is 0 Å². The summed E-state index contributed by atoms with van der Waals surface area (Å²) < 4.78 is 10.2. The summed E-state index contributed by atoms with van der Waals surface area (Å²) in [6.45, 7) is 0. The highest BCUT2D eigenvalue weighted by Crippen LogP contribution is 2.39. The van der Waals surface area contributed by atoms with Gasteiger partial charge in [0.25, 0.3) is 0 Å². The Kier molecular flexibility index (Phi) is 8.81. The maximum atomic E-state index is 5.11. The van der Waals surface area contributed by atoms with Crippen molar-refractivity contribution in [1.82, 2.24) is 0 Å². The van der Waals surface area contributed by atoms with Gasteiger partial charge in [0.2, 0.25) is 0 Å². The minimum atomic E-state index is -1.19. The first-order chi connectivity index (χ1) is 21.3. The second-order valence-electron chi connectivity index (χ2n) is 10.7. The molecule has 0 spiro atoms. The summed E-state index contributed by atoms with van der Waals surface area (Å²) in [6.07, 6.45) is 0. The predicted molar refractivity (Wildman–Crippen MR) is 185 cm³/mol. The van der Waals surface area contributed by atoms with E-state index in [9.17, 15) is 0 Å². The van der Waals surface area contributed by atoms with E-state index in [4.69, 9.17) is 9.32 Å². The molecule has 0 heterocycles. The first kappa shape index (κ1) is 28.3. The van der Waals surface area contributed by atoms with Crippen LogP contribution in [0.15, 0.2) is 191 Å². The fourth-order valence-electron chi connectivity index (χ4n) is 6.24. The Morgan fingerprint density at radius 1 is 0.302 bits per heavy atom. The van der Waals surface area contributed by atoms with E-state index in [0.29, 0.717) is 0 Å². The van der Waals surface area contributed by atoms with E-state index in [2.05, 4.69) is 188 Å².